The third-order valence-electron chi connectivity index (χ3n) is 1.72. The van der Waals surface area contributed by atoms with Crippen LogP contribution in [0.2, 0.25) is 0 Å². The van der Waals surface area contributed by atoms with Crippen LogP contribution in [-0.2, 0) is 0 Å². The van der Waals surface area contributed by atoms with Gasteiger partial charge in [0.05, 0.1) is 0 Å². The van der Waals surface area contributed by atoms with Crippen molar-refractivity contribution in [1.82, 2.24) is 4.98 Å². The van der Waals surface area contributed by atoms with Gasteiger partial charge in [-0.05, 0) is 13.3 Å². The molecule has 0 aliphatic carbocycles. The first-order valence-corrected chi connectivity index (χ1v) is 4.01. The van der Waals surface area contributed by atoms with Crippen molar-refractivity contribution in [1.29, 1.82) is 0 Å². The van der Waals surface area contributed by atoms with Crippen molar-refractivity contribution in [3.8, 4) is 0 Å². The van der Waals surface area contributed by atoms with E-state index in [0.717, 1.165) is 0 Å². The summed E-state index contributed by atoms with van der Waals surface area (Å²) in [5.74, 6) is -0.153. The minimum absolute atomic E-state index is 0.0856. The molecule has 72 valence electrons. The van der Waals surface area contributed by atoms with Crippen LogP contribution in [0.5, 0.6) is 0 Å². The number of aliphatic hydroxyl groups excluding tert-OH is 1. The van der Waals surface area contributed by atoms with Gasteiger partial charge in [-0.3, -0.25) is 4.79 Å². The number of aliphatic hydroxyl groups is 1. The first-order valence-electron chi connectivity index (χ1n) is 4.01. The molecule has 1 amide bonds. The Hall–Kier alpha value is -1.36. The Morgan fingerprint density at radius 3 is 2.77 bits per heavy atom. The Morgan fingerprint density at radius 1 is 1.77 bits per heavy atom. The molecule has 0 aliphatic heterocycles. The number of aromatic nitrogens is 1. The highest BCUT2D eigenvalue weighted by molar-refractivity contribution is 5.91. The van der Waals surface area contributed by atoms with Crippen LogP contribution in [-0.4, -0.2) is 16.0 Å². The van der Waals surface area contributed by atoms with Crippen LogP contribution in [0.3, 0.4) is 0 Å². The molecule has 0 aromatic carbocycles. The maximum Gasteiger partial charge on any atom is 0.270 e. The minimum Gasteiger partial charge on any atom is -0.442 e. The fourth-order valence-electron chi connectivity index (χ4n) is 0.963. The number of rotatable bonds is 3. The van der Waals surface area contributed by atoms with Gasteiger partial charge in [0.1, 0.15) is 11.9 Å². The van der Waals surface area contributed by atoms with E-state index in [1.54, 1.807) is 13.8 Å². The van der Waals surface area contributed by atoms with Crippen LogP contribution in [0, 0.1) is 6.92 Å². The summed E-state index contributed by atoms with van der Waals surface area (Å²) in [5, 5.41) is 9.34. The summed E-state index contributed by atoms with van der Waals surface area (Å²) in [7, 11) is 0. The lowest BCUT2D eigenvalue weighted by Crippen LogP contribution is -2.13. The lowest BCUT2D eigenvalue weighted by Gasteiger charge is -1.99. The van der Waals surface area contributed by atoms with Crippen molar-refractivity contribution < 1.29 is 14.3 Å². The number of hydrogen-bond donors (Lipinski definition) is 2. The molecule has 0 fully saturated rings. The van der Waals surface area contributed by atoms with E-state index in [-0.39, 0.29) is 11.6 Å². The fraction of sp³-hybridized carbons (Fsp3) is 0.500. The number of aryl methyl sites for hydroxylation is 1. The zero-order chi connectivity index (χ0) is 10.0. The molecule has 1 heterocycles. The van der Waals surface area contributed by atoms with Gasteiger partial charge in [-0.25, -0.2) is 4.98 Å². The lowest BCUT2D eigenvalue weighted by molar-refractivity contribution is 0.0994. The number of oxazole rings is 1. The summed E-state index contributed by atoms with van der Waals surface area (Å²) in [6, 6.07) is 0. The van der Waals surface area contributed by atoms with E-state index in [1.165, 1.54) is 0 Å². The molecule has 1 aromatic heterocycles. The van der Waals surface area contributed by atoms with Crippen LogP contribution >= 0.6 is 0 Å². The van der Waals surface area contributed by atoms with E-state index in [1.807, 2.05) is 0 Å². The predicted molar refractivity (Wildman–Crippen MR) is 45.0 cm³/mol. The van der Waals surface area contributed by atoms with Gasteiger partial charge < -0.3 is 15.3 Å². The molecule has 1 rings (SSSR count). The van der Waals surface area contributed by atoms with Crippen LogP contribution < -0.4 is 5.73 Å². The third kappa shape index (κ3) is 1.86. The van der Waals surface area contributed by atoms with Crippen molar-refractivity contribution in [2.24, 2.45) is 5.73 Å². The van der Waals surface area contributed by atoms with E-state index in [0.29, 0.717) is 12.2 Å². The molecule has 1 aromatic rings. The fourth-order valence-corrected chi connectivity index (χ4v) is 0.963. The predicted octanol–water partition coefficient (Wildman–Crippen LogP) is 0.525. The van der Waals surface area contributed by atoms with E-state index in [2.05, 4.69) is 4.98 Å². The Kier molecular flexibility index (Phi) is 2.67. The highest BCUT2D eigenvalue weighted by atomic mass is 16.4. The monoisotopic (exact) mass is 184 g/mol. The van der Waals surface area contributed by atoms with E-state index >= 15 is 0 Å². The van der Waals surface area contributed by atoms with Gasteiger partial charge in [0, 0.05) is 0 Å². The maximum atomic E-state index is 10.8. The lowest BCUT2D eigenvalue weighted by atomic mass is 10.3. The van der Waals surface area contributed by atoms with Gasteiger partial charge in [0.15, 0.2) is 5.69 Å². The molecule has 13 heavy (non-hydrogen) atoms. The highest BCUT2D eigenvalue weighted by Crippen LogP contribution is 2.18. The molecule has 5 heteroatoms. The Morgan fingerprint density at radius 2 is 2.38 bits per heavy atom. The number of amides is 1. The molecule has 3 N–H and O–H groups in total. The van der Waals surface area contributed by atoms with Crippen molar-refractivity contribution in [3.05, 3.63) is 17.3 Å². The standard InChI is InChI=1S/C8H12N2O3/c1-3-5(11)8-10-6(7(9)12)4(2)13-8/h5,11H,3H2,1-2H3,(H2,9,12). The largest absolute Gasteiger partial charge is 0.442 e. The number of primary amides is 1. The maximum absolute atomic E-state index is 10.8. The highest BCUT2D eigenvalue weighted by Gasteiger charge is 2.18. The van der Waals surface area contributed by atoms with E-state index < -0.39 is 12.0 Å². The van der Waals surface area contributed by atoms with Gasteiger partial charge in [-0.15, -0.1) is 0 Å². The van der Waals surface area contributed by atoms with E-state index in [4.69, 9.17) is 10.2 Å². The molecule has 1 unspecified atom stereocenters. The molecule has 0 saturated carbocycles. The number of nitrogens with zero attached hydrogens (tertiary/aromatic N) is 1. The van der Waals surface area contributed by atoms with Gasteiger partial charge in [-0.1, -0.05) is 6.92 Å². The Labute approximate surface area is 75.6 Å². The third-order valence-corrected chi connectivity index (χ3v) is 1.72. The molecule has 0 aliphatic rings. The van der Waals surface area contributed by atoms with Gasteiger partial charge in [0.2, 0.25) is 5.89 Å². The number of carbonyl (C=O) groups excluding carboxylic acids is 1. The smallest absolute Gasteiger partial charge is 0.270 e. The summed E-state index contributed by atoms with van der Waals surface area (Å²) in [4.78, 5) is 14.6. The summed E-state index contributed by atoms with van der Waals surface area (Å²) in [6.07, 6.45) is -0.287. The van der Waals surface area contributed by atoms with Crippen molar-refractivity contribution in [3.63, 3.8) is 0 Å². The van der Waals surface area contributed by atoms with Crippen molar-refractivity contribution in [2.45, 2.75) is 26.4 Å². The molecule has 1 atom stereocenters. The molecular weight excluding hydrogens is 172 g/mol. The van der Waals surface area contributed by atoms with Crippen LogP contribution in [0.4, 0.5) is 0 Å². The SMILES string of the molecule is CCC(O)c1nc(C(N)=O)c(C)o1. The second kappa shape index (κ2) is 3.57. The number of carbonyl (C=O) groups is 1. The summed E-state index contributed by atoms with van der Waals surface area (Å²) in [5.41, 5.74) is 5.11. The Balaban J connectivity index is 3.01. The zero-order valence-electron chi connectivity index (χ0n) is 7.57. The summed E-state index contributed by atoms with van der Waals surface area (Å²) >= 11 is 0. The Bertz CT molecular complexity index is 319. The van der Waals surface area contributed by atoms with Crippen LogP contribution in [0.1, 0.15) is 41.6 Å². The molecular formula is C8H12N2O3. The molecule has 5 nitrogen and oxygen atoms in total. The zero-order valence-corrected chi connectivity index (χ0v) is 7.57. The molecule has 0 spiro atoms. The first kappa shape index (κ1) is 9.73. The second-order valence-electron chi connectivity index (χ2n) is 2.75. The van der Waals surface area contributed by atoms with Crippen molar-refractivity contribution >= 4 is 5.91 Å². The number of nitrogens with two attached hydrogens (primary N) is 1. The normalized spacial score (nSPS) is 12.8. The first-order chi connectivity index (χ1) is 6.06. The quantitative estimate of drug-likeness (QED) is 0.716. The van der Waals surface area contributed by atoms with Gasteiger partial charge >= 0.3 is 0 Å². The number of hydrogen-bond acceptors (Lipinski definition) is 4. The summed E-state index contributed by atoms with van der Waals surface area (Å²) in [6.45, 7) is 3.37. The molecule has 0 bridgehead atoms. The summed E-state index contributed by atoms with van der Waals surface area (Å²) < 4.78 is 5.07. The average Bonchev–Trinajstić information content (AvgIpc) is 2.46. The topological polar surface area (TPSA) is 89.4 Å². The average molecular weight is 184 g/mol. The van der Waals surface area contributed by atoms with Crippen molar-refractivity contribution in [2.75, 3.05) is 0 Å². The molecule has 0 saturated heterocycles. The van der Waals surface area contributed by atoms with Gasteiger partial charge in [0.25, 0.3) is 5.91 Å². The van der Waals surface area contributed by atoms with Crippen LogP contribution in [0.25, 0.3) is 0 Å². The van der Waals surface area contributed by atoms with Crippen LogP contribution in [0.15, 0.2) is 4.42 Å². The van der Waals surface area contributed by atoms with E-state index in [9.17, 15) is 9.90 Å². The van der Waals surface area contributed by atoms with Gasteiger partial charge in [-0.2, -0.15) is 0 Å². The minimum atomic E-state index is -0.771. The second-order valence-corrected chi connectivity index (χ2v) is 2.75. The molecule has 0 radical (unpaired) electrons.